The van der Waals surface area contributed by atoms with Gasteiger partial charge < -0.3 is 10.1 Å². The first-order valence-electron chi connectivity index (χ1n) is 8.08. The molecule has 0 saturated carbocycles. The van der Waals surface area contributed by atoms with Crippen molar-refractivity contribution in [2.24, 2.45) is 0 Å². The van der Waals surface area contributed by atoms with Crippen molar-refractivity contribution in [2.45, 2.75) is 39.7 Å². The number of benzene rings is 2. The molecule has 23 heavy (non-hydrogen) atoms. The summed E-state index contributed by atoms with van der Waals surface area (Å²) in [5.41, 5.74) is 3.46. The summed E-state index contributed by atoms with van der Waals surface area (Å²) in [6, 6.07) is 16.4. The highest BCUT2D eigenvalue weighted by Gasteiger charge is 2.09. The average molecular weight is 311 g/mol. The molecule has 2 aromatic rings. The summed E-state index contributed by atoms with van der Waals surface area (Å²) in [5.74, 6) is 0.698. The Morgan fingerprint density at radius 2 is 1.87 bits per heavy atom. The molecule has 0 fully saturated rings. The van der Waals surface area contributed by atoms with Crippen molar-refractivity contribution < 1.29 is 9.53 Å². The number of rotatable bonds is 7. The lowest BCUT2D eigenvalue weighted by molar-refractivity contribution is -0.123. The molecule has 0 saturated heterocycles. The number of aryl methyl sites for hydroxylation is 3. The molecule has 0 aliphatic carbocycles. The van der Waals surface area contributed by atoms with E-state index in [1.807, 2.05) is 57.2 Å². The summed E-state index contributed by atoms with van der Waals surface area (Å²) in [6.07, 6.45) is 1.87. The van der Waals surface area contributed by atoms with Crippen LogP contribution in [0.4, 0.5) is 0 Å². The Morgan fingerprint density at radius 1 is 1.13 bits per heavy atom. The zero-order chi connectivity index (χ0) is 16.7. The molecule has 122 valence electrons. The van der Waals surface area contributed by atoms with Crippen LogP contribution < -0.4 is 10.1 Å². The maximum atomic E-state index is 12.0. The fourth-order valence-corrected chi connectivity index (χ4v) is 2.42. The van der Waals surface area contributed by atoms with Crippen LogP contribution in [0, 0.1) is 13.8 Å². The Kier molecular flexibility index (Phi) is 6.21. The first-order valence-corrected chi connectivity index (χ1v) is 8.08. The standard InChI is InChI=1S/C20H25NO2/c1-15-9-10-16(2)19(13-15)23-14-20(22)21-17(3)11-12-18-7-5-4-6-8-18/h4-10,13,17H,11-12,14H2,1-3H3,(H,21,22)/t17-/m1/s1. The van der Waals surface area contributed by atoms with E-state index in [0.717, 1.165) is 29.7 Å². The molecular weight excluding hydrogens is 286 g/mol. The second-order valence-corrected chi connectivity index (χ2v) is 6.05. The minimum absolute atomic E-state index is 0.0555. The van der Waals surface area contributed by atoms with Gasteiger partial charge in [0.05, 0.1) is 0 Å². The van der Waals surface area contributed by atoms with Crippen molar-refractivity contribution in [1.82, 2.24) is 5.32 Å². The third kappa shape index (κ3) is 5.78. The monoisotopic (exact) mass is 311 g/mol. The highest BCUT2D eigenvalue weighted by molar-refractivity contribution is 5.77. The first kappa shape index (κ1) is 17.1. The van der Waals surface area contributed by atoms with E-state index in [-0.39, 0.29) is 18.6 Å². The zero-order valence-corrected chi connectivity index (χ0v) is 14.1. The van der Waals surface area contributed by atoms with E-state index in [0.29, 0.717) is 0 Å². The third-order valence-electron chi connectivity index (χ3n) is 3.82. The minimum Gasteiger partial charge on any atom is -0.483 e. The van der Waals surface area contributed by atoms with E-state index in [9.17, 15) is 4.79 Å². The lowest BCUT2D eigenvalue weighted by atomic mass is 10.1. The molecule has 0 unspecified atom stereocenters. The fraction of sp³-hybridized carbons (Fsp3) is 0.350. The molecule has 1 atom stereocenters. The molecule has 0 aromatic heterocycles. The number of nitrogens with one attached hydrogen (secondary N) is 1. The Morgan fingerprint density at radius 3 is 2.61 bits per heavy atom. The van der Waals surface area contributed by atoms with Gasteiger partial charge >= 0.3 is 0 Å². The predicted molar refractivity (Wildman–Crippen MR) is 93.8 cm³/mol. The molecule has 0 aliphatic heterocycles. The highest BCUT2D eigenvalue weighted by atomic mass is 16.5. The van der Waals surface area contributed by atoms with E-state index >= 15 is 0 Å². The molecule has 0 radical (unpaired) electrons. The maximum absolute atomic E-state index is 12.0. The van der Waals surface area contributed by atoms with Crippen LogP contribution >= 0.6 is 0 Å². The second kappa shape index (κ2) is 8.37. The molecule has 1 N–H and O–H groups in total. The predicted octanol–water partition coefficient (Wildman–Crippen LogP) is 3.82. The number of hydrogen-bond donors (Lipinski definition) is 1. The van der Waals surface area contributed by atoms with Gasteiger partial charge in [0.25, 0.3) is 5.91 Å². The molecule has 0 heterocycles. The Balaban J connectivity index is 1.74. The highest BCUT2D eigenvalue weighted by Crippen LogP contribution is 2.18. The van der Waals surface area contributed by atoms with Crippen molar-refractivity contribution >= 4 is 5.91 Å². The Labute approximate surface area is 138 Å². The van der Waals surface area contributed by atoms with Crippen LogP contribution in [0.2, 0.25) is 0 Å². The number of carbonyl (C=O) groups excluding carboxylic acids is 1. The largest absolute Gasteiger partial charge is 0.483 e. The summed E-state index contributed by atoms with van der Waals surface area (Å²) < 4.78 is 5.63. The summed E-state index contributed by atoms with van der Waals surface area (Å²) >= 11 is 0. The van der Waals surface area contributed by atoms with Gasteiger partial charge in [-0.05, 0) is 56.4 Å². The summed E-state index contributed by atoms with van der Waals surface area (Å²) in [5, 5.41) is 2.99. The SMILES string of the molecule is Cc1ccc(C)c(OCC(=O)N[C@H](C)CCc2ccccc2)c1. The number of amides is 1. The van der Waals surface area contributed by atoms with Crippen molar-refractivity contribution in [3.8, 4) is 5.75 Å². The Hall–Kier alpha value is -2.29. The molecule has 3 heteroatoms. The van der Waals surface area contributed by atoms with E-state index in [1.165, 1.54) is 5.56 Å². The average Bonchev–Trinajstić information content (AvgIpc) is 2.55. The zero-order valence-electron chi connectivity index (χ0n) is 14.1. The third-order valence-corrected chi connectivity index (χ3v) is 3.82. The van der Waals surface area contributed by atoms with Crippen LogP contribution in [0.15, 0.2) is 48.5 Å². The smallest absolute Gasteiger partial charge is 0.258 e. The van der Waals surface area contributed by atoms with Gasteiger partial charge in [-0.25, -0.2) is 0 Å². The van der Waals surface area contributed by atoms with Gasteiger partial charge in [-0.2, -0.15) is 0 Å². The topological polar surface area (TPSA) is 38.3 Å². The van der Waals surface area contributed by atoms with Crippen LogP contribution in [0.1, 0.15) is 30.0 Å². The molecule has 3 nitrogen and oxygen atoms in total. The lowest BCUT2D eigenvalue weighted by Crippen LogP contribution is -2.36. The van der Waals surface area contributed by atoms with Crippen molar-refractivity contribution in [2.75, 3.05) is 6.61 Å². The van der Waals surface area contributed by atoms with Gasteiger partial charge in [0.15, 0.2) is 6.61 Å². The van der Waals surface area contributed by atoms with Gasteiger partial charge in [-0.15, -0.1) is 0 Å². The van der Waals surface area contributed by atoms with Gasteiger partial charge in [-0.1, -0.05) is 42.5 Å². The summed E-state index contributed by atoms with van der Waals surface area (Å²) in [6.45, 7) is 6.08. The molecule has 0 spiro atoms. The number of ether oxygens (including phenoxy) is 1. The lowest BCUT2D eigenvalue weighted by Gasteiger charge is -2.15. The normalized spacial score (nSPS) is 11.8. The van der Waals surface area contributed by atoms with Crippen LogP contribution in [-0.2, 0) is 11.2 Å². The van der Waals surface area contributed by atoms with Gasteiger partial charge in [-0.3, -0.25) is 4.79 Å². The van der Waals surface area contributed by atoms with E-state index < -0.39 is 0 Å². The second-order valence-electron chi connectivity index (χ2n) is 6.05. The molecule has 0 aliphatic rings. The minimum atomic E-state index is -0.0773. The van der Waals surface area contributed by atoms with E-state index in [2.05, 4.69) is 17.4 Å². The van der Waals surface area contributed by atoms with Gasteiger partial charge in [0.1, 0.15) is 5.75 Å². The quantitative estimate of drug-likeness (QED) is 0.844. The fourth-order valence-electron chi connectivity index (χ4n) is 2.42. The van der Waals surface area contributed by atoms with Crippen molar-refractivity contribution in [3.05, 3.63) is 65.2 Å². The maximum Gasteiger partial charge on any atom is 0.258 e. The van der Waals surface area contributed by atoms with Gasteiger partial charge in [0.2, 0.25) is 0 Å². The van der Waals surface area contributed by atoms with E-state index in [4.69, 9.17) is 4.74 Å². The van der Waals surface area contributed by atoms with Crippen LogP contribution in [-0.4, -0.2) is 18.6 Å². The molecule has 1 amide bonds. The van der Waals surface area contributed by atoms with Crippen molar-refractivity contribution in [1.29, 1.82) is 0 Å². The molecule has 2 aromatic carbocycles. The molecule has 0 bridgehead atoms. The molecule has 2 rings (SSSR count). The van der Waals surface area contributed by atoms with Crippen molar-refractivity contribution in [3.63, 3.8) is 0 Å². The summed E-state index contributed by atoms with van der Waals surface area (Å²) in [7, 11) is 0. The number of carbonyl (C=O) groups is 1. The first-order chi connectivity index (χ1) is 11.0. The molecular formula is C20H25NO2. The Bertz CT molecular complexity index is 637. The van der Waals surface area contributed by atoms with E-state index in [1.54, 1.807) is 0 Å². The number of hydrogen-bond acceptors (Lipinski definition) is 2. The summed E-state index contributed by atoms with van der Waals surface area (Å²) in [4.78, 5) is 12.0. The van der Waals surface area contributed by atoms with Crippen LogP contribution in [0.3, 0.4) is 0 Å². The van der Waals surface area contributed by atoms with Crippen LogP contribution in [0.5, 0.6) is 5.75 Å². The van der Waals surface area contributed by atoms with Gasteiger partial charge in [0, 0.05) is 6.04 Å². The van der Waals surface area contributed by atoms with Crippen LogP contribution in [0.25, 0.3) is 0 Å².